The van der Waals surface area contributed by atoms with Crippen LogP contribution in [-0.2, 0) is 11.3 Å². The first kappa shape index (κ1) is 21.9. The summed E-state index contributed by atoms with van der Waals surface area (Å²) in [7, 11) is 3.27. The van der Waals surface area contributed by atoms with Gasteiger partial charge in [-0.25, -0.2) is 0 Å². The lowest BCUT2D eigenvalue weighted by Crippen LogP contribution is -2.46. The van der Waals surface area contributed by atoms with E-state index in [0.717, 1.165) is 37.2 Å². The van der Waals surface area contributed by atoms with Crippen LogP contribution >= 0.6 is 0 Å². The van der Waals surface area contributed by atoms with Crippen LogP contribution in [0.2, 0.25) is 0 Å². The lowest BCUT2D eigenvalue weighted by atomic mass is 9.97. The Morgan fingerprint density at radius 3 is 2.52 bits per heavy atom. The summed E-state index contributed by atoms with van der Waals surface area (Å²) in [6.07, 6.45) is 4.76. The van der Waals surface area contributed by atoms with Crippen LogP contribution in [0.15, 0.2) is 42.5 Å². The van der Waals surface area contributed by atoms with Crippen molar-refractivity contribution in [2.24, 2.45) is 0 Å². The smallest absolute Gasteiger partial charge is 0.161 e. The van der Waals surface area contributed by atoms with Crippen molar-refractivity contribution in [1.82, 2.24) is 4.90 Å². The van der Waals surface area contributed by atoms with E-state index in [4.69, 9.17) is 18.9 Å². The molecule has 31 heavy (non-hydrogen) atoms. The number of hydrogen-bond donors (Lipinski definition) is 1. The fourth-order valence-corrected chi connectivity index (χ4v) is 4.73. The van der Waals surface area contributed by atoms with E-state index in [-0.39, 0.29) is 18.8 Å². The van der Waals surface area contributed by atoms with Crippen LogP contribution in [0.4, 0.5) is 0 Å². The van der Waals surface area contributed by atoms with Crippen LogP contribution in [0.1, 0.15) is 42.9 Å². The predicted octanol–water partition coefficient (Wildman–Crippen LogP) is 3.96. The summed E-state index contributed by atoms with van der Waals surface area (Å²) in [6.45, 7) is 2.03. The van der Waals surface area contributed by atoms with Crippen molar-refractivity contribution in [2.75, 3.05) is 34.0 Å². The number of hydrogen-bond acceptors (Lipinski definition) is 6. The van der Waals surface area contributed by atoms with E-state index in [1.807, 2.05) is 24.3 Å². The highest BCUT2D eigenvalue weighted by molar-refractivity contribution is 5.44. The quantitative estimate of drug-likeness (QED) is 0.688. The minimum absolute atomic E-state index is 0.0459. The number of rotatable bonds is 8. The second kappa shape index (κ2) is 10.4. The zero-order valence-electron chi connectivity index (χ0n) is 18.5. The molecule has 0 spiro atoms. The molecule has 168 valence electrons. The third-order valence-electron chi connectivity index (χ3n) is 6.33. The van der Waals surface area contributed by atoms with Crippen molar-refractivity contribution in [1.29, 1.82) is 0 Å². The highest BCUT2D eigenvalue weighted by atomic mass is 16.5. The molecule has 6 nitrogen and oxygen atoms in total. The molecule has 2 fully saturated rings. The molecule has 2 atom stereocenters. The summed E-state index contributed by atoms with van der Waals surface area (Å²) in [5.41, 5.74) is 2.20. The lowest BCUT2D eigenvalue weighted by molar-refractivity contribution is -0.0962. The van der Waals surface area contributed by atoms with E-state index in [1.54, 1.807) is 14.2 Å². The molecule has 2 aromatic rings. The van der Waals surface area contributed by atoms with Gasteiger partial charge in [-0.1, -0.05) is 24.3 Å². The van der Waals surface area contributed by atoms with Crippen LogP contribution in [0.5, 0.6) is 17.2 Å². The molecule has 1 heterocycles. The summed E-state index contributed by atoms with van der Waals surface area (Å²) < 4.78 is 23.2. The number of methoxy groups -OCH3 is 2. The molecule has 1 N–H and O–H groups in total. The third-order valence-corrected chi connectivity index (χ3v) is 6.33. The number of morpholine rings is 1. The molecule has 0 aromatic heterocycles. The predicted molar refractivity (Wildman–Crippen MR) is 119 cm³/mol. The van der Waals surface area contributed by atoms with Gasteiger partial charge in [0, 0.05) is 18.7 Å². The van der Waals surface area contributed by atoms with Crippen LogP contribution in [0, 0.1) is 0 Å². The van der Waals surface area contributed by atoms with Gasteiger partial charge in [0.25, 0.3) is 0 Å². The minimum Gasteiger partial charge on any atom is -0.493 e. The van der Waals surface area contributed by atoms with Crippen molar-refractivity contribution in [3.63, 3.8) is 0 Å². The van der Waals surface area contributed by atoms with E-state index in [1.165, 1.54) is 18.4 Å². The van der Waals surface area contributed by atoms with Crippen molar-refractivity contribution in [2.45, 2.75) is 50.5 Å². The number of benzene rings is 2. The molecule has 0 bridgehead atoms. The second-order valence-corrected chi connectivity index (χ2v) is 8.25. The molecule has 0 amide bonds. The number of aliphatic hydroxyl groups excluding tert-OH is 1. The van der Waals surface area contributed by atoms with Gasteiger partial charge in [-0.15, -0.1) is 0 Å². The first-order chi connectivity index (χ1) is 15.2. The monoisotopic (exact) mass is 427 g/mol. The molecule has 1 aliphatic carbocycles. The van der Waals surface area contributed by atoms with Gasteiger partial charge in [-0.2, -0.15) is 0 Å². The first-order valence-corrected chi connectivity index (χ1v) is 11.2. The van der Waals surface area contributed by atoms with Gasteiger partial charge in [0.2, 0.25) is 0 Å². The summed E-state index contributed by atoms with van der Waals surface area (Å²) in [6, 6.07) is 14.1. The summed E-state index contributed by atoms with van der Waals surface area (Å²) >= 11 is 0. The van der Waals surface area contributed by atoms with Gasteiger partial charge >= 0.3 is 0 Å². The van der Waals surface area contributed by atoms with Gasteiger partial charge in [0.15, 0.2) is 11.5 Å². The molecular weight excluding hydrogens is 394 g/mol. The van der Waals surface area contributed by atoms with Gasteiger partial charge in [0.1, 0.15) is 11.9 Å². The van der Waals surface area contributed by atoms with Gasteiger partial charge in [0.05, 0.1) is 39.6 Å². The van der Waals surface area contributed by atoms with Crippen LogP contribution in [0.3, 0.4) is 0 Å². The second-order valence-electron chi connectivity index (χ2n) is 8.25. The molecule has 6 heteroatoms. The topological polar surface area (TPSA) is 60.4 Å². The number of ether oxygens (including phenoxy) is 4. The van der Waals surface area contributed by atoms with Gasteiger partial charge in [-0.05, 0) is 49.4 Å². The largest absolute Gasteiger partial charge is 0.493 e. The molecule has 1 saturated carbocycles. The van der Waals surface area contributed by atoms with Gasteiger partial charge < -0.3 is 24.1 Å². The molecule has 2 aliphatic rings. The van der Waals surface area contributed by atoms with E-state index < -0.39 is 0 Å². The van der Waals surface area contributed by atoms with Gasteiger partial charge in [-0.3, -0.25) is 4.90 Å². The normalized spacial score (nSPS) is 22.4. The zero-order chi connectivity index (χ0) is 21.6. The Kier molecular flexibility index (Phi) is 7.33. The average Bonchev–Trinajstić information content (AvgIpc) is 3.33. The maximum Gasteiger partial charge on any atom is 0.161 e. The summed E-state index contributed by atoms with van der Waals surface area (Å²) in [4.78, 5) is 2.36. The Morgan fingerprint density at radius 2 is 1.77 bits per heavy atom. The number of nitrogens with zero attached hydrogens (tertiary/aromatic N) is 1. The minimum atomic E-state index is -0.310. The highest BCUT2D eigenvalue weighted by Gasteiger charge is 2.34. The Labute approximate surface area is 184 Å². The SMILES string of the molecule is COc1ccc([C@@H]2[C@@H](CO)OCCN2Cc2ccccc2OC2CCCC2)cc1OC. The standard InChI is InChI=1S/C25H33NO5/c1-28-22-12-11-18(15-23(22)29-2)25-24(17-27)30-14-13-26(25)16-19-7-3-6-10-21(19)31-20-8-4-5-9-20/h3,6-7,10-12,15,20,24-25,27H,4-5,8-9,13-14,16-17H2,1-2H3/t24-,25-/m1/s1. The van der Waals surface area contributed by atoms with E-state index >= 15 is 0 Å². The lowest BCUT2D eigenvalue weighted by Gasteiger charge is -2.41. The summed E-state index contributed by atoms with van der Waals surface area (Å²) in [5.74, 6) is 2.32. The Bertz CT molecular complexity index is 852. The maximum atomic E-state index is 10.0. The molecule has 2 aromatic carbocycles. The van der Waals surface area contributed by atoms with Crippen molar-refractivity contribution in [3.05, 3.63) is 53.6 Å². The van der Waals surface area contributed by atoms with E-state index in [2.05, 4.69) is 23.1 Å². The van der Waals surface area contributed by atoms with E-state index in [0.29, 0.717) is 24.2 Å². The zero-order valence-corrected chi connectivity index (χ0v) is 18.5. The number of aliphatic hydroxyl groups is 1. The molecule has 1 saturated heterocycles. The molecule has 0 unspecified atom stereocenters. The highest BCUT2D eigenvalue weighted by Crippen LogP contribution is 2.37. The Balaban J connectivity index is 1.61. The van der Waals surface area contributed by atoms with E-state index in [9.17, 15) is 5.11 Å². The maximum absolute atomic E-state index is 10.0. The summed E-state index contributed by atoms with van der Waals surface area (Å²) in [5, 5.41) is 10.0. The van der Waals surface area contributed by atoms with Crippen molar-refractivity contribution >= 4 is 0 Å². The molecule has 0 radical (unpaired) electrons. The van der Waals surface area contributed by atoms with Crippen molar-refractivity contribution < 1.29 is 24.1 Å². The molecular formula is C25H33NO5. The number of para-hydroxylation sites is 1. The fraction of sp³-hybridized carbons (Fsp3) is 0.520. The Hall–Kier alpha value is -2.28. The van der Waals surface area contributed by atoms with Crippen LogP contribution < -0.4 is 14.2 Å². The fourth-order valence-electron chi connectivity index (χ4n) is 4.73. The average molecular weight is 428 g/mol. The molecule has 1 aliphatic heterocycles. The van der Waals surface area contributed by atoms with Crippen molar-refractivity contribution in [3.8, 4) is 17.2 Å². The van der Waals surface area contributed by atoms with Crippen LogP contribution in [-0.4, -0.2) is 56.2 Å². The third kappa shape index (κ3) is 4.97. The first-order valence-electron chi connectivity index (χ1n) is 11.2. The molecule has 4 rings (SSSR count). The Morgan fingerprint density at radius 1 is 1.00 bits per heavy atom. The van der Waals surface area contributed by atoms with Crippen LogP contribution in [0.25, 0.3) is 0 Å².